The third-order valence-corrected chi connectivity index (χ3v) is 2.52. The molecule has 0 spiro atoms. The first-order valence-corrected chi connectivity index (χ1v) is 5.18. The molecule has 80 valence electrons. The highest BCUT2D eigenvalue weighted by Crippen LogP contribution is 2.14. The molecule has 0 atom stereocenters. The molecule has 17 heavy (non-hydrogen) atoms. The molecule has 3 rings (SSSR count). The summed E-state index contributed by atoms with van der Waals surface area (Å²) in [6.07, 6.45) is 3.51. The number of rotatable bonds is 1. The Morgan fingerprint density at radius 1 is 1.18 bits per heavy atom. The van der Waals surface area contributed by atoms with Crippen molar-refractivity contribution in [2.45, 2.75) is 0 Å². The highest BCUT2D eigenvalue weighted by Gasteiger charge is 2.03. The van der Waals surface area contributed by atoms with Crippen LogP contribution in [0, 0.1) is 11.3 Å². The molecule has 0 saturated carbocycles. The van der Waals surface area contributed by atoms with E-state index in [2.05, 4.69) is 16.2 Å². The summed E-state index contributed by atoms with van der Waals surface area (Å²) in [6.45, 7) is 0. The Kier molecular flexibility index (Phi) is 2.09. The van der Waals surface area contributed by atoms with Crippen molar-refractivity contribution in [1.29, 1.82) is 5.26 Å². The monoisotopic (exact) mass is 220 g/mol. The van der Waals surface area contributed by atoms with Crippen LogP contribution in [-0.4, -0.2) is 14.8 Å². The molecule has 4 nitrogen and oxygen atoms in total. The molecular weight excluding hydrogens is 212 g/mol. The van der Waals surface area contributed by atoms with E-state index < -0.39 is 0 Å². The fourth-order valence-corrected chi connectivity index (χ4v) is 1.70. The lowest BCUT2D eigenvalue weighted by molar-refractivity contribution is 0.859. The summed E-state index contributed by atoms with van der Waals surface area (Å²) in [6, 6.07) is 13.3. The van der Waals surface area contributed by atoms with E-state index in [1.54, 1.807) is 23.0 Å². The molecule has 0 fully saturated rings. The van der Waals surface area contributed by atoms with Gasteiger partial charge in [0.25, 0.3) is 0 Å². The van der Waals surface area contributed by atoms with Crippen LogP contribution < -0.4 is 0 Å². The van der Waals surface area contributed by atoms with E-state index in [0.717, 1.165) is 10.9 Å². The first kappa shape index (κ1) is 9.55. The van der Waals surface area contributed by atoms with E-state index in [9.17, 15) is 0 Å². The van der Waals surface area contributed by atoms with Crippen molar-refractivity contribution >= 4 is 10.9 Å². The van der Waals surface area contributed by atoms with Gasteiger partial charge in [0.1, 0.15) is 0 Å². The molecule has 0 aliphatic carbocycles. The molecule has 0 unspecified atom stereocenters. The Labute approximate surface area is 97.8 Å². The zero-order valence-electron chi connectivity index (χ0n) is 8.91. The van der Waals surface area contributed by atoms with Crippen LogP contribution in [0.3, 0.4) is 0 Å². The largest absolute Gasteiger partial charge is 0.237 e. The van der Waals surface area contributed by atoms with Crippen LogP contribution in [0.25, 0.3) is 16.7 Å². The van der Waals surface area contributed by atoms with Gasteiger partial charge in [0.05, 0.1) is 17.1 Å². The lowest BCUT2D eigenvalue weighted by Crippen LogP contribution is -1.97. The zero-order chi connectivity index (χ0) is 11.7. The van der Waals surface area contributed by atoms with Gasteiger partial charge in [-0.25, -0.2) is 9.67 Å². The van der Waals surface area contributed by atoms with Gasteiger partial charge in [0.2, 0.25) is 0 Å². The Bertz CT molecular complexity index is 688. The van der Waals surface area contributed by atoms with Crippen molar-refractivity contribution in [3.63, 3.8) is 0 Å². The summed E-state index contributed by atoms with van der Waals surface area (Å²) in [5.41, 5.74) is 1.49. The second kappa shape index (κ2) is 3.72. The topological polar surface area (TPSA) is 54.5 Å². The lowest BCUT2D eigenvalue weighted by Gasteiger charge is -1.98. The number of benzene rings is 1. The molecule has 2 heterocycles. The number of hydrogen-bond acceptors (Lipinski definition) is 3. The average Bonchev–Trinajstić information content (AvgIpc) is 2.82. The van der Waals surface area contributed by atoms with Gasteiger partial charge in [0, 0.05) is 23.8 Å². The minimum absolute atomic E-state index is 0.578. The van der Waals surface area contributed by atoms with Gasteiger partial charge in [-0.1, -0.05) is 18.2 Å². The molecular formula is C13H8N4. The Hall–Kier alpha value is -2.67. The summed E-state index contributed by atoms with van der Waals surface area (Å²) in [7, 11) is 0. The summed E-state index contributed by atoms with van der Waals surface area (Å²) in [4.78, 5) is 4.20. The van der Waals surface area contributed by atoms with Gasteiger partial charge in [-0.2, -0.15) is 10.4 Å². The molecule has 0 radical (unpaired) electrons. The molecule has 4 heteroatoms. The second-order valence-corrected chi connectivity index (χ2v) is 3.65. The number of aromatic nitrogens is 3. The summed E-state index contributed by atoms with van der Waals surface area (Å²) in [5.74, 6) is 0.653. The van der Waals surface area contributed by atoms with Crippen LogP contribution in [0.15, 0.2) is 48.8 Å². The number of pyridine rings is 1. The van der Waals surface area contributed by atoms with Gasteiger partial charge < -0.3 is 0 Å². The normalized spacial score (nSPS) is 10.3. The smallest absolute Gasteiger partial charge is 0.154 e. The van der Waals surface area contributed by atoms with Gasteiger partial charge in [-0.3, -0.25) is 0 Å². The predicted octanol–water partition coefficient (Wildman–Crippen LogP) is 2.29. The maximum atomic E-state index is 8.84. The van der Waals surface area contributed by atoms with E-state index in [1.165, 1.54) is 0 Å². The Balaban J connectivity index is 2.17. The van der Waals surface area contributed by atoms with Gasteiger partial charge in [-0.15, -0.1) is 0 Å². The highest BCUT2D eigenvalue weighted by molar-refractivity contribution is 5.78. The summed E-state index contributed by atoms with van der Waals surface area (Å²) >= 11 is 0. The third kappa shape index (κ3) is 1.64. The number of nitrogens with zero attached hydrogens (tertiary/aromatic N) is 4. The average molecular weight is 220 g/mol. The highest BCUT2D eigenvalue weighted by atomic mass is 15.3. The fourth-order valence-electron chi connectivity index (χ4n) is 1.70. The molecule has 3 aromatic rings. The molecule has 0 aliphatic rings. The lowest BCUT2D eigenvalue weighted by atomic mass is 10.3. The van der Waals surface area contributed by atoms with Crippen LogP contribution in [0.4, 0.5) is 0 Å². The van der Waals surface area contributed by atoms with E-state index >= 15 is 0 Å². The third-order valence-electron chi connectivity index (χ3n) is 2.52. The van der Waals surface area contributed by atoms with E-state index in [-0.39, 0.29) is 0 Å². The Morgan fingerprint density at radius 2 is 2.06 bits per heavy atom. The zero-order valence-corrected chi connectivity index (χ0v) is 8.91. The maximum Gasteiger partial charge on any atom is 0.154 e. The van der Waals surface area contributed by atoms with E-state index in [0.29, 0.717) is 11.4 Å². The number of nitriles is 1. The van der Waals surface area contributed by atoms with Crippen LogP contribution in [-0.2, 0) is 0 Å². The van der Waals surface area contributed by atoms with Crippen LogP contribution in [0.5, 0.6) is 0 Å². The van der Waals surface area contributed by atoms with Crippen molar-refractivity contribution in [2.75, 3.05) is 0 Å². The van der Waals surface area contributed by atoms with E-state index in [1.807, 2.05) is 30.5 Å². The molecule has 2 aromatic heterocycles. The first-order chi connectivity index (χ1) is 8.36. The maximum absolute atomic E-state index is 8.84. The van der Waals surface area contributed by atoms with Gasteiger partial charge >= 0.3 is 0 Å². The van der Waals surface area contributed by atoms with Crippen molar-refractivity contribution in [1.82, 2.24) is 14.8 Å². The SMILES string of the molecule is N#Cc1ccnc(-n2cc3ccccc3n2)c1. The standard InChI is InChI=1S/C13H8N4/c14-8-10-5-6-15-13(7-10)17-9-11-3-1-2-4-12(11)16-17/h1-7,9H. The number of fused-ring (bicyclic) bond motifs is 1. The quantitative estimate of drug-likeness (QED) is 0.632. The molecule has 0 aliphatic heterocycles. The summed E-state index contributed by atoms with van der Waals surface area (Å²) in [5, 5.41) is 14.3. The van der Waals surface area contributed by atoms with E-state index in [4.69, 9.17) is 5.26 Å². The molecule has 0 amide bonds. The minimum Gasteiger partial charge on any atom is -0.237 e. The molecule has 1 aromatic carbocycles. The molecule has 0 bridgehead atoms. The molecule has 0 saturated heterocycles. The van der Waals surface area contributed by atoms with Crippen LogP contribution >= 0.6 is 0 Å². The van der Waals surface area contributed by atoms with Crippen LogP contribution in [0.2, 0.25) is 0 Å². The van der Waals surface area contributed by atoms with Gasteiger partial charge in [0.15, 0.2) is 5.82 Å². The Morgan fingerprint density at radius 3 is 2.88 bits per heavy atom. The second-order valence-electron chi connectivity index (χ2n) is 3.65. The first-order valence-electron chi connectivity index (χ1n) is 5.18. The predicted molar refractivity (Wildman–Crippen MR) is 63.6 cm³/mol. The van der Waals surface area contributed by atoms with Crippen molar-refractivity contribution in [3.8, 4) is 11.9 Å². The number of hydrogen-bond donors (Lipinski definition) is 0. The minimum atomic E-state index is 0.578. The van der Waals surface area contributed by atoms with Crippen molar-refractivity contribution in [2.24, 2.45) is 0 Å². The fraction of sp³-hybridized carbons (Fsp3) is 0. The molecule has 0 N–H and O–H groups in total. The van der Waals surface area contributed by atoms with Crippen LogP contribution in [0.1, 0.15) is 5.56 Å². The van der Waals surface area contributed by atoms with Crippen molar-refractivity contribution < 1.29 is 0 Å². The van der Waals surface area contributed by atoms with Crippen molar-refractivity contribution in [3.05, 3.63) is 54.4 Å². The summed E-state index contributed by atoms with van der Waals surface area (Å²) < 4.78 is 1.69. The van der Waals surface area contributed by atoms with Gasteiger partial charge in [-0.05, 0) is 12.1 Å².